The lowest BCUT2D eigenvalue weighted by molar-refractivity contribution is -0.137. The number of nitrogens with zero attached hydrogens (tertiary/aromatic N) is 2. The van der Waals surface area contributed by atoms with E-state index in [0.717, 1.165) is 15.6 Å². The molecular weight excluding hydrogens is 266 g/mol. The first-order chi connectivity index (χ1) is 9.02. The van der Waals surface area contributed by atoms with Crippen molar-refractivity contribution in [2.45, 2.75) is 13.3 Å². The first kappa shape index (κ1) is 15.0. The van der Waals surface area contributed by atoms with Crippen molar-refractivity contribution in [1.29, 1.82) is 0 Å². The molecule has 1 aromatic rings. The molecule has 19 heavy (non-hydrogen) atoms. The van der Waals surface area contributed by atoms with E-state index in [4.69, 9.17) is 11.5 Å². The van der Waals surface area contributed by atoms with Crippen LogP contribution >= 0.6 is 11.3 Å². The molecule has 0 fully saturated rings. The maximum Gasteiger partial charge on any atom is 0.323 e. The molecule has 0 aliphatic heterocycles. The number of hydrogen-bond acceptors (Lipinski definition) is 4. The van der Waals surface area contributed by atoms with E-state index in [1.807, 2.05) is 12.3 Å². The maximum absolute atomic E-state index is 11.7. The van der Waals surface area contributed by atoms with E-state index < -0.39 is 18.5 Å². The second-order valence-electron chi connectivity index (χ2n) is 3.79. The highest BCUT2D eigenvalue weighted by atomic mass is 32.1. The number of carbonyl (C=O) groups excluding carboxylic acids is 1. The minimum atomic E-state index is -1.10. The molecule has 0 saturated carbocycles. The number of aliphatic carboxylic acids is 1. The van der Waals surface area contributed by atoms with E-state index in [1.54, 1.807) is 11.3 Å². The quantitative estimate of drug-likeness (QED) is 0.753. The third kappa shape index (κ3) is 5.40. The molecule has 2 N–H and O–H groups in total. The van der Waals surface area contributed by atoms with Gasteiger partial charge in [-0.2, -0.15) is 0 Å². The van der Waals surface area contributed by atoms with Gasteiger partial charge in [-0.05, 0) is 6.92 Å². The van der Waals surface area contributed by atoms with Crippen LogP contribution in [0.5, 0.6) is 0 Å². The Morgan fingerprint density at radius 2 is 2.37 bits per heavy atom. The van der Waals surface area contributed by atoms with Crippen LogP contribution in [0, 0.1) is 19.3 Å². The Kier molecular flexibility index (Phi) is 5.82. The highest BCUT2D eigenvalue weighted by Gasteiger charge is 2.15. The number of carboxylic acid groups (broad SMARTS) is 1. The van der Waals surface area contributed by atoms with E-state index in [9.17, 15) is 9.59 Å². The van der Waals surface area contributed by atoms with E-state index in [0.29, 0.717) is 13.0 Å². The molecule has 7 heteroatoms. The molecule has 0 aromatic carbocycles. The van der Waals surface area contributed by atoms with Crippen LogP contribution in [0.15, 0.2) is 5.38 Å². The van der Waals surface area contributed by atoms with Gasteiger partial charge < -0.3 is 15.3 Å². The zero-order valence-corrected chi connectivity index (χ0v) is 11.4. The summed E-state index contributed by atoms with van der Waals surface area (Å²) in [6.45, 7) is 1.86. The molecule has 0 aliphatic carbocycles. The third-order valence-electron chi connectivity index (χ3n) is 2.22. The summed E-state index contributed by atoms with van der Waals surface area (Å²) in [7, 11) is 0. The zero-order valence-electron chi connectivity index (χ0n) is 10.5. The van der Waals surface area contributed by atoms with Crippen LogP contribution in [0.1, 0.15) is 10.7 Å². The van der Waals surface area contributed by atoms with Gasteiger partial charge in [0.25, 0.3) is 0 Å². The Hall–Kier alpha value is -2.07. The molecular formula is C12H15N3O3S. The fraction of sp³-hybridized carbons (Fsp3) is 0.417. The van der Waals surface area contributed by atoms with Crippen LogP contribution in [0.2, 0.25) is 0 Å². The monoisotopic (exact) mass is 281 g/mol. The number of nitrogens with one attached hydrogen (secondary N) is 1. The number of thiazole rings is 1. The summed E-state index contributed by atoms with van der Waals surface area (Å²) in [6.07, 6.45) is 5.70. The van der Waals surface area contributed by atoms with Crippen molar-refractivity contribution in [2.75, 3.05) is 19.6 Å². The van der Waals surface area contributed by atoms with E-state index in [2.05, 4.69) is 16.2 Å². The number of carboxylic acids is 1. The molecule has 0 bridgehead atoms. The number of rotatable bonds is 6. The number of aromatic nitrogens is 1. The lowest BCUT2D eigenvalue weighted by Gasteiger charge is -2.18. The molecule has 0 saturated heterocycles. The van der Waals surface area contributed by atoms with E-state index >= 15 is 0 Å². The Balaban J connectivity index is 2.39. The van der Waals surface area contributed by atoms with Crippen LogP contribution in [0.3, 0.4) is 0 Å². The average Bonchev–Trinajstić information content (AvgIpc) is 2.74. The Labute approximate surface area is 115 Å². The summed E-state index contributed by atoms with van der Waals surface area (Å²) in [5.74, 6) is 1.16. The molecule has 0 unspecified atom stereocenters. The van der Waals surface area contributed by atoms with Gasteiger partial charge in [-0.1, -0.05) is 5.92 Å². The molecule has 0 atom stereocenters. The third-order valence-corrected chi connectivity index (χ3v) is 3.04. The lowest BCUT2D eigenvalue weighted by Crippen LogP contribution is -2.43. The second-order valence-corrected chi connectivity index (χ2v) is 4.86. The normalized spacial score (nSPS) is 9.68. The molecule has 0 radical (unpaired) electrons. The maximum atomic E-state index is 11.7. The Morgan fingerprint density at radius 3 is 2.89 bits per heavy atom. The number of amides is 2. The average molecular weight is 281 g/mol. The van der Waals surface area contributed by atoms with Crippen LogP contribution in [-0.4, -0.2) is 46.6 Å². The number of aryl methyl sites for hydroxylation is 1. The van der Waals surface area contributed by atoms with Gasteiger partial charge in [-0.3, -0.25) is 4.79 Å². The van der Waals surface area contributed by atoms with Crippen LogP contribution in [0.25, 0.3) is 0 Å². The fourth-order valence-corrected chi connectivity index (χ4v) is 2.05. The summed E-state index contributed by atoms with van der Waals surface area (Å²) in [5, 5.41) is 14.2. The molecule has 1 aromatic heterocycles. The largest absolute Gasteiger partial charge is 0.480 e. The van der Waals surface area contributed by atoms with Gasteiger partial charge in [0, 0.05) is 18.3 Å². The molecule has 0 spiro atoms. The molecule has 2 amide bonds. The van der Waals surface area contributed by atoms with Gasteiger partial charge in [0.2, 0.25) is 0 Å². The first-order valence-corrected chi connectivity index (χ1v) is 6.50. The van der Waals surface area contributed by atoms with Gasteiger partial charge in [0.1, 0.15) is 6.54 Å². The number of carbonyl (C=O) groups is 2. The summed E-state index contributed by atoms with van der Waals surface area (Å²) in [5.41, 5.74) is 0.907. The lowest BCUT2D eigenvalue weighted by atomic mass is 10.3. The predicted molar refractivity (Wildman–Crippen MR) is 72.0 cm³/mol. The fourth-order valence-electron chi connectivity index (χ4n) is 1.41. The smallest absolute Gasteiger partial charge is 0.323 e. The van der Waals surface area contributed by atoms with Crippen molar-refractivity contribution in [3.05, 3.63) is 16.1 Å². The van der Waals surface area contributed by atoms with Gasteiger partial charge in [0.15, 0.2) is 0 Å². The summed E-state index contributed by atoms with van der Waals surface area (Å²) in [6, 6.07) is -0.479. The van der Waals surface area contributed by atoms with E-state index in [-0.39, 0.29) is 6.54 Å². The van der Waals surface area contributed by atoms with Crippen molar-refractivity contribution in [2.24, 2.45) is 0 Å². The van der Waals surface area contributed by atoms with Crippen molar-refractivity contribution >= 4 is 23.3 Å². The van der Waals surface area contributed by atoms with Gasteiger partial charge in [-0.25, -0.2) is 9.78 Å². The minimum absolute atomic E-state index is 0.0338. The van der Waals surface area contributed by atoms with Crippen LogP contribution < -0.4 is 5.32 Å². The highest BCUT2D eigenvalue weighted by Crippen LogP contribution is 2.07. The summed E-state index contributed by atoms with van der Waals surface area (Å²) < 4.78 is 0. The molecule has 102 valence electrons. The van der Waals surface area contributed by atoms with Crippen LogP contribution in [0.4, 0.5) is 4.79 Å². The second kappa shape index (κ2) is 7.38. The summed E-state index contributed by atoms with van der Waals surface area (Å²) in [4.78, 5) is 27.6. The zero-order chi connectivity index (χ0) is 14.3. The Bertz CT molecular complexity index is 493. The SMILES string of the molecule is C#CCN(CC(=O)O)C(=O)NCCc1csc(C)n1. The van der Waals surface area contributed by atoms with Crippen molar-refractivity contribution in [1.82, 2.24) is 15.2 Å². The van der Waals surface area contributed by atoms with Crippen molar-refractivity contribution in [3.63, 3.8) is 0 Å². The predicted octanol–water partition coefficient (Wildman–Crippen LogP) is 0.723. The molecule has 1 heterocycles. The van der Waals surface area contributed by atoms with Crippen molar-refractivity contribution in [3.8, 4) is 12.3 Å². The number of urea groups is 1. The summed E-state index contributed by atoms with van der Waals surface area (Å²) >= 11 is 1.55. The van der Waals surface area contributed by atoms with Crippen LogP contribution in [-0.2, 0) is 11.2 Å². The van der Waals surface area contributed by atoms with Gasteiger partial charge >= 0.3 is 12.0 Å². The first-order valence-electron chi connectivity index (χ1n) is 5.62. The van der Waals surface area contributed by atoms with Gasteiger partial charge in [-0.15, -0.1) is 17.8 Å². The standard InChI is InChI=1S/C12H15N3O3S/c1-3-6-15(7-11(16)17)12(18)13-5-4-10-8-19-9(2)14-10/h1,8H,4-7H2,2H3,(H,13,18)(H,16,17). The molecule has 0 aliphatic rings. The topological polar surface area (TPSA) is 82.5 Å². The molecule has 6 nitrogen and oxygen atoms in total. The number of terminal acetylenes is 1. The highest BCUT2D eigenvalue weighted by molar-refractivity contribution is 7.09. The van der Waals surface area contributed by atoms with Crippen molar-refractivity contribution < 1.29 is 14.7 Å². The van der Waals surface area contributed by atoms with E-state index in [1.165, 1.54) is 0 Å². The Morgan fingerprint density at radius 1 is 1.63 bits per heavy atom. The molecule has 1 rings (SSSR count). The minimum Gasteiger partial charge on any atom is -0.480 e. The number of hydrogen-bond donors (Lipinski definition) is 2. The van der Waals surface area contributed by atoms with Gasteiger partial charge in [0.05, 0.1) is 17.2 Å².